The first kappa shape index (κ1) is 12.1. The van der Waals surface area contributed by atoms with Crippen LogP contribution in [-0.2, 0) is 0 Å². The van der Waals surface area contributed by atoms with Crippen molar-refractivity contribution in [2.45, 2.75) is 25.8 Å². The Kier molecular flexibility index (Phi) is 3.42. The van der Waals surface area contributed by atoms with Crippen LogP contribution in [0, 0.1) is 6.92 Å². The number of hydrogen-bond donors (Lipinski definition) is 2. The molecule has 0 amide bonds. The Bertz CT molecular complexity index is 562. The normalized spacial score (nSPS) is 18.5. The molecular weight excluding hydrogens is 236 g/mol. The van der Waals surface area contributed by atoms with E-state index in [0.717, 1.165) is 29.4 Å². The van der Waals surface area contributed by atoms with Crippen molar-refractivity contribution in [3.8, 4) is 0 Å². The Hall–Kier alpha value is -1.94. The monoisotopic (exact) mass is 254 g/mol. The lowest BCUT2D eigenvalue weighted by atomic mass is 10.1. The lowest BCUT2D eigenvalue weighted by Gasteiger charge is -2.12. The van der Waals surface area contributed by atoms with Gasteiger partial charge in [-0.1, -0.05) is 12.1 Å². The van der Waals surface area contributed by atoms with Crippen molar-refractivity contribution in [1.82, 2.24) is 15.3 Å². The summed E-state index contributed by atoms with van der Waals surface area (Å²) in [5.41, 5.74) is 2.23. The average Bonchev–Trinajstić information content (AvgIpc) is 2.96. The first-order valence-corrected chi connectivity index (χ1v) is 6.72. The summed E-state index contributed by atoms with van der Waals surface area (Å²) in [6.07, 6.45) is 4.18. The molecule has 2 aromatic heterocycles. The van der Waals surface area contributed by atoms with Gasteiger partial charge >= 0.3 is 0 Å². The highest BCUT2D eigenvalue weighted by atomic mass is 15.1. The molecule has 2 aromatic rings. The van der Waals surface area contributed by atoms with Gasteiger partial charge in [-0.15, -0.1) is 0 Å². The van der Waals surface area contributed by atoms with Crippen molar-refractivity contribution in [3.05, 3.63) is 47.8 Å². The molecule has 4 nitrogen and oxygen atoms in total. The molecule has 0 aromatic carbocycles. The van der Waals surface area contributed by atoms with Crippen molar-refractivity contribution >= 4 is 11.6 Å². The third-order valence-electron chi connectivity index (χ3n) is 3.44. The van der Waals surface area contributed by atoms with E-state index in [2.05, 4.69) is 26.7 Å². The smallest absolute Gasteiger partial charge is 0.134 e. The molecular formula is C15H18N4. The number of nitrogens with one attached hydrogen (secondary N) is 2. The molecule has 19 heavy (non-hydrogen) atoms. The Balaban J connectivity index is 1.81. The van der Waals surface area contributed by atoms with E-state index in [9.17, 15) is 0 Å². The Labute approximate surface area is 113 Å². The summed E-state index contributed by atoms with van der Waals surface area (Å²) in [5, 5.41) is 6.76. The topological polar surface area (TPSA) is 49.8 Å². The molecule has 1 fully saturated rings. The number of aromatic nitrogens is 2. The van der Waals surface area contributed by atoms with Crippen LogP contribution in [0.1, 0.15) is 30.1 Å². The van der Waals surface area contributed by atoms with Gasteiger partial charge in [0.2, 0.25) is 0 Å². The molecule has 1 atom stereocenters. The zero-order valence-corrected chi connectivity index (χ0v) is 11.1. The molecule has 0 radical (unpaired) electrons. The maximum Gasteiger partial charge on any atom is 0.134 e. The van der Waals surface area contributed by atoms with E-state index in [0.29, 0.717) is 6.04 Å². The van der Waals surface area contributed by atoms with E-state index in [1.54, 1.807) is 6.20 Å². The summed E-state index contributed by atoms with van der Waals surface area (Å²) in [6.45, 7) is 3.13. The molecule has 0 bridgehead atoms. The first-order chi connectivity index (χ1) is 9.33. The first-order valence-electron chi connectivity index (χ1n) is 6.72. The molecule has 0 unspecified atom stereocenters. The molecule has 0 spiro atoms. The second kappa shape index (κ2) is 5.36. The zero-order chi connectivity index (χ0) is 13.1. The van der Waals surface area contributed by atoms with E-state index in [4.69, 9.17) is 0 Å². The van der Waals surface area contributed by atoms with Crippen LogP contribution in [0.2, 0.25) is 0 Å². The molecule has 98 valence electrons. The largest absolute Gasteiger partial charge is 0.325 e. The van der Waals surface area contributed by atoms with Crippen LogP contribution in [0.15, 0.2) is 36.5 Å². The van der Waals surface area contributed by atoms with Gasteiger partial charge in [0.15, 0.2) is 0 Å². The summed E-state index contributed by atoms with van der Waals surface area (Å²) in [5.74, 6) is 1.72. The van der Waals surface area contributed by atoms with Crippen molar-refractivity contribution < 1.29 is 0 Å². The van der Waals surface area contributed by atoms with Gasteiger partial charge in [-0.25, -0.2) is 9.97 Å². The predicted octanol–water partition coefficient (Wildman–Crippen LogP) is 2.95. The van der Waals surface area contributed by atoms with Gasteiger partial charge in [0.1, 0.15) is 11.6 Å². The van der Waals surface area contributed by atoms with Gasteiger partial charge in [0.25, 0.3) is 0 Å². The fourth-order valence-electron chi connectivity index (χ4n) is 2.39. The highest BCUT2D eigenvalue weighted by molar-refractivity contribution is 5.55. The van der Waals surface area contributed by atoms with E-state index < -0.39 is 0 Å². The second-order valence-electron chi connectivity index (χ2n) is 4.89. The van der Waals surface area contributed by atoms with Crippen LogP contribution >= 0.6 is 0 Å². The summed E-state index contributed by atoms with van der Waals surface area (Å²) in [7, 11) is 0. The van der Waals surface area contributed by atoms with Crippen molar-refractivity contribution in [3.63, 3.8) is 0 Å². The number of pyridine rings is 2. The third-order valence-corrected chi connectivity index (χ3v) is 3.44. The predicted molar refractivity (Wildman–Crippen MR) is 76.5 cm³/mol. The summed E-state index contributed by atoms with van der Waals surface area (Å²) in [4.78, 5) is 9.01. The third kappa shape index (κ3) is 2.74. The molecule has 3 rings (SSSR count). The summed E-state index contributed by atoms with van der Waals surface area (Å²) in [6, 6.07) is 10.5. The van der Waals surface area contributed by atoms with Crippen molar-refractivity contribution in [2.24, 2.45) is 0 Å². The highest BCUT2D eigenvalue weighted by Gasteiger charge is 2.17. The summed E-state index contributed by atoms with van der Waals surface area (Å²) >= 11 is 0. The fraction of sp³-hybridized carbons (Fsp3) is 0.333. The molecule has 1 saturated heterocycles. The van der Waals surface area contributed by atoms with Crippen LogP contribution in [0.5, 0.6) is 0 Å². The quantitative estimate of drug-likeness (QED) is 0.884. The zero-order valence-electron chi connectivity index (χ0n) is 11.1. The maximum atomic E-state index is 4.68. The molecule has 3 heterocycles. The van der Waals surface area contributed by atoms with Gasteiger partial charge in [0.05, 0.1) is 5.69 Å². The Morgan fingerprint density at radius 2 is 2.21 bits per heavy atom. The number of aryl methyl sites for hydroxylation is 1. The number of anilines is 2. The van der Waals surface area contributed by atoms with E-state index in [1.807, 2.05) is 31.2 Å². The molecule has 2 N–H and O–H groups in total. The summed E-state index contributed by atoms with van der Waals surface area (Å²) < 4.78 is 0. The van der Waals surface area contributed by atoms with Crippen molar-refractivity contribution in [2.75, 3.05) is 11.9 Å². The van der Waals surface area contributed by atoms with E-state index in [-0.39, 0.29) is 0 Å². The van der Waals surface area contributed by atoms with Gasteiger partial charge in [-0.2, -0.15) is 0 Å². The number of nitrogens with zero attached hydrogens (tertiary/aromatic N) is 2. The van der Waals surface area contributed by atoms with Crippen molar-refractivity contribution in [1.29, 1.82) is 0 Å². The van der Waals surface area contributed by atoms with Crippen LogP contribution in [-0.4, -0.2) is 16.5 Å². The molecule has 0 saturated carbocycles. The van der Waals surface area contributed by atoms with Gasteiger partial charge in [-0.3, -0.25) is 0 Å². The maximum absolute atomic E-state index is 4.68. The minimum atomic E-state index is 0.395. The Morgan fingerprint density at radius 3 is 3.00 bits per heavy atom. The molecule has 1 aliphatic heterocycles. The number of hydrogen-bond acceptors (Lipinski definition) is 4. The average molecular weight is 254 g/mol. The van der Waals surface area contributed by atoms with Gasteiger partial charge in [-0.05, 0) is 50.1 Å². The fourth-order valence-corrected chi connectivity index (χ4v) is 2.39. The minimum Gasteiger partial charge on any atom is -0.325 e. The van der Waals surface area contributed by atoms with Gasteiger partial charge < -0.3 is 10.6 Å². The molecule has 1 aliphatic rings. The second-order valence-corrected chi connectivity index (χ2v) is 4.89. The Morgan fingerprint density at radius 1 is 1.26 bits per heavy atom. The minimum absolute atomic E-state index is 0.395. The molecule has 4 heteroatoms. The number of rotatable bonds is 3. The van der Waals surface area contributed by atoms with E-state index >= 15 is 0 Å². The van der Waals surface area contributed by atoms with Crippen LogP contribution in [0.25, 0.3) is 0 Å². The van der Waals surface area contributed by atoms with Crippen LogP contribution in [0.4, 0.5) is 11.6 Å². The van der Waals surface area contributed by atoms with E-state index in [1.165, 1.54) is 12.8 Å². The molecule has 0 aliphatic carbocycles. The van der Waals surface area contributed by atoms with Crippen LogP contribution < -0.4 is 10.6 Å². The lowest BCUT2D eigenvalue weighted by molar-refractivity contribution is 0.629. The SMILES string of the molecule is Cc1cccnc1Nc1cccc([C@@H]2CCCN2)n1. The standard InChI is InChI=1S/C15H18N4/c1-11-5-3-10-17-15(11)19-14-8-2-6-13(18-14)12-7-4-9-16-12/h2-3,5-6,8,10,12,16H,4,7,9H2,1H3,(H,17,18,19)/t12-/m0/s1. The van der Waals surface area contributed by atoms with Crippen LogP contribution in [0.3, 0.4) is 0 Å². The lowest BCUT2D eigenvalue weighted by Crippen LogP contribution is -2.14. The highest BCUT2D eigenvalue weighted by Crippen LogP contribution is 2.23. The van der Waals surface area contributed by atoms with Gasteiger partial charge in [0, 0.05) is 12.2 Å².